The van der Waals surface area contributed by atoms with Crippen LogP contribution in [-0.4, -0.2) is 36.3 Å². The molecule has 2 rings (SSSR count). The first-order valence-electron chi connectivity index (χ1n) is 5.95. The van der Waals surface area contributed by atoms with E-state index in [9.17, 15) is 9.59 Å². The standard InChI is InChI=1S/C13H16ClN3O2.ClH/c1-17(2)11(18)9-4-3-8(7-10(9)14)16-12(19)13(15)5-6-13;/h3-4,7H,5-6,15H2,1-2H3,(H,16,19);1H. The maximum Gasteiger partial charge on any atom is 0.254 e. The van der Waals surface area contributed by atoms with Gasteiger partial charge in [0.15, 0.2) is 0 Å². The molecule has 1 saturated carbocycles. The number of hydrogen-bond acceptors (Lipinski definition) is 3. The first kappa shape index (κ1) is 16.8. The molecule has 2 amide bonds. The lowest BCUT2D eigenvalue weighted by Gasteiger charge is -2.14. The monoisotopic (exact) mass is 317 g/mol. The summed E-state index contributed by atoms with van der Waals surface area (Å²) in [6.07, 6.45) is 1.40. The molecule has 0 heterocycles. The van der Waals surface area contributed by atoms with Gasteiger partial charge >= 0.3 is 0 Å². The summed E-state index contributed by atoms with van der Waals surface area (Å²) < 4.78 is 0. The van der Waals surface area contributed by atoms with Crippen LogP contribution in [0.5, 0.6) is 0 Å². The molecule has 1 fully saturated rings. The van der Waals surface area contributed by atoms with Crippen LogP contribution < -0.4 is 11.1 Å². The average Bonchev–Trinajstić information content (AvgIpc) is 3.08. The van der Waals surface area contributed by atoms with E-state index in [2.05, 4.69) is 5.32 Å². The third kappa shape index (κ3) is 3.42. The molecule has 1 aliphatic rings. The van der Waals surface area contributed by atoms with Crippen LogP contribution in [0.2, 0.25) is 5.02 Å². The van der Waals surface area contributed by atoms with E-state index in [0.29, 0.717) is 29.1 Å². The van der Waals surface area contributed by atoms with E-state index in [4.69, 9.17) is 17.3 Å². The molecule has 0 atom stereocenters. The molecule has 1 aliphatic carbocycles. The number of amides is 2. The Morgan fingerprint density at radius 2 is 1.95 bits per heavy atom. The fourth-order valence-electron chi connectivity index (χ4n) is 1.62. The van der Waals surface area contributed by atoms with E-state index in [-0.39, 0.29) is 24.2 Å². The lowest BCUT2D eigenvalue weighted by atomic mass is 10.1. The minimum atomic E-state index is -0.732. The van der Waals surface area contributed by atoms with Gasteiger partial charge in [-0.2, -0.15) is 0 Å². The second kappa shape index (κ2) is 5.99. The number of benzene rings is 1. The highest BCUT2D eigenvalue weighted by Gasteiger charge is 2.45. The van der Waals surface area contributed by atoms with Crippen LogP contribution >= 0.6 is 24.0 Å². The summed E-state index contributed by atoms with van der Waals surface area (Å²) in [5, 5.41) is 3.01. The van der Waals surface area contributed by atoms with Gasteiger partial charge in [-0.3, -0.25) is 9.59 Å². The molecule has 1 aromatic rings. The zero-order valence-electron chi connectivity index (χ0n) is 11.3. The summed E-state index contributed by atoms with van der Waals surface area (Å²) in [7, 11) is 3.30. The van der Waals surface area contributed by atoms with Gasteiger partial charge in [0, 0.05) is 19.8 Å². The Balaban J connectivity index is 0.00000200. The highest BCUT2D eigenvalue weighted by atomic mass is 35.5. The second-order valence-electron chi connectivity index (χ2n) is 5.00. The van der Waals surface area contributed by atoms with Crippen molar-refractivity contribution in [2.75, 3.05) is 19.4 Å². The van der Waals surface area contributed by atoms with Crippen molar-refractivity contribution in [3.8, 4) is 0 Å². The summed E-state index contributed by atoms with van der Waals surface area (Å²) in [6.45, 7) is 0. The highest BCUT2D eigenvalue weighted by molar-refractivity contribution is 6.34. The van der Waals surface area contributed by atoms with Gasteiger partial charge in [-0.15, -0.1) is 12.4 Å². The largest absolute Gasteiger partial charge is 0.345 e. The van der Waals surface area contributed by atoms with Crippen LogP contribution in [0.1, 0.15) is 23.2 Å². The molecule has 1 aromatic carbocycles. The van der Waals surface area contributed by atoms with Crippen LogP contribution in [0.25, 0.3) is 0 Å². The van der Waals surface area contributed by atoms with Gasteiger partial charge in [0.05, 0.1) is 16.1 Å². The molecule has 0 saturated heterocycles. The molecule has 3 N–H and O–H groups in total. The SMILES string of the molecule is CN(C)C(=O)c1ccc(NC(=O)C2(N)CC2)cc1Cl.Cl. The van der Waals surface area contributed by atoms with Crippen molar-refractivity contribution in [1.82, 2.24) is 4.90 Å². The molecule has 0 radical (unpaired) electrons. The molecule has 0 aromatic heterocycles. The minimum Gasteiger partial charge on any atom is -0.345 e. The molecule has 20 heavy (non-hydrogen) atoms. The van der Waals surface area contributed by atoms with Gasteiger partial charge < -0.3 is 16.0 Å². The van der Waals surface area contributed by atoms with Crippen molar-refractivity contribution in [3.63, 3.8) is 0 Å². The van der Waals surface area contributed by atoms with Crippen LogP contribution in [0.15, 0.2) is 18.2 Å². The molecule has 5 nitrogen and oxygen atoms in total. The topological polar surface area (TPSA) is 75.4 Å². The summed E-state index contributed by atoms with van der Waals surface area (Å²) >= 11 is 6.05. The van der Waals surface area contributed by atoms with E-state index in [1.807, 2.05) is 0 Å². The van der Waals surface area contributed by atoms with Crippen molar-refractivity contribution in [1.29, 1.82) is 0 Å². The lowest BCUT2D eigenvalue weighted by molar-refractivity contribution is -0.118. The molecule has 0 bridgehead atoms. The molecule has 110 valence electrons. The minimum absolute atomic E-state index is 0. The predicted molar refractivity (Wildman–Crippen MR) is 81.5 cm³/mol. The quantitative estimate of drug-likeness (QED) is 0.894. The summed E-state index contributed by atoms with van der Waals surface area (Å²) in [4.78, 5) is 25.0. The highest BCUT2D eigenvalue weighted by Crippen LogP contribution is 2.33. The average molecular weight is 318 g/mol. The van der Waals surface area contributed by atoms with E-state index in [0.717, 1.165) is 0 Å². The van der Waals surface area contributed by atoms with Gasteiger partial charge in [0.25, 0.3) is 5.91 Å². The smallest absolute Gasteiger partial charge is 0.254 e. The van der Waals surface area contributed by atoms with Crippen molar-refractivity contribution in [3.05, 3.63) is 28.8 Å². The second-order valence-corrected chi connectivity index (χ2v) is 5.41. The zero-order valence-corrected chi connectivity index (χ0v) is 12.8. The fourth-order valence-corrected chi connectivity index (χ4v) is 1.89. The molecular formula is C13H17Cl2N3O2. The van der Waals surface area contributed by atoms with Crippen LogP contribution in [0.4, 0.5) is 5.69 Å². The Bertz CT molecular complexity index is 542. The molecule has 0 aliphatic heterocycles. The predicted octanol–water partition coefficient (Wildman–Crippen LogP) is 1.89. The maximum absolute atomic E-state index is 11.8. The molecule has 0 unspecified atom stereocenters. The summed E-state index contributed by atoms with van der Waals surface area (Å²) in [5.41, 5.74) is 6.00. The Hall–Kier alpha value is -1.30. The fraction of sp³-hybridized carbons (Fsp3) is 0.385. The Morgan fingerprint density at radius 3 is 2.40 bits per heavy atom. The molecule has 0 spiro atoms. The maximum atomic E-state index is 11.8. The number of halogens is 2. The number of carbonyl (C=O) groups excluding carboxylic acids is 2. The Labute approximate surface area is 128 Å². The number of nitrogens with two attached hydrogens (primary N) is 1. The lowest BCUT2D eigenvalue weighted by Crippen LogP contribution is -2.37. The summed E-state index contributed by atoms with van der Waals surface area (Å²) in [6, 6.07) is 4.80. The van der Waals surface area contributed by atoms with Gasteiger partial charge in [-0.25, -0.2) is 0 Å². The van der Waals surface area contributed by atoms with Gasteiger partial charge in [0.1, 0.15) is 0 Å². The Morgan fingerprint density at radius 1 is 1.35 bits per heavy atom. The van der Waals surface area contributed by atoms with Crippen LogP contribution in [0, 0.1) is 0 Å². The van der Waals surface area contributed by atoms with Crippen LogP contribution in [0.3, 0.4) is 0 Å². The number of nitrogens with one attached hydrogen (secondary N) is 1. The normalized spacial score (nSPS) is 15.0. The van der Waals surface area contributed by atoms with Crippen molar-refractivity contribution in [2.45, 2.75) is 18.4 Å². The first-order chi connectivity index (χ1) is 8.83. The zero-order chi connectivity index (χ0) is 14.2. The number of hydrogen-bond donors (Lipinski definition) is 2. The third-order valence-electron chi connectivity index (χ3n) is 3.10. The Kier molecular flexibility index (Phi) is 5.02. The van der Waals surface area contributed by atoms with Crippen molar-refractivity contribution < 1.29 is 9.59 Å². The van der Waals surface area contributed by atoms with E-state index >= 15 is 0 Å². The van der Waals surface area contributed by atoms with Crippen LogP contribution in [-0.2, 0) is 4.79 Å². The third-order valence-corrected chi connectivity index (χ3v) is 3.42. The van der Waals surface area contributed by atoms with E-state index in [1.165, 1.54) is 4.90 Å². The van der Waals surface area contributed by atoms with E-state index < -0.39 is 5.54 Å². The van der Waals surface area contributed by atoms with Crippen molar-refractivity contribution in [2.24, 2.45) is 5.73 Å². The number of rotatable bonds is 3. The first-order valence-corrected chi connectivity index (χ1v) is 6.33. The number of carbonyl (C=O) groups is 2. The van der Waals surface area contributed by atoms with Crippen molar-refractivity contribution >= 4 is 41.5 Å². The van der Waals surface area contributed by atoms with Gasteiger partial charge in [-0.05, 0) is 31.0 Å². The number of nitrogens with zero attached hydrogens (tertiary/aromatic N) is 1. The van der Waals surface area contributed by atoms with Gasteiger partial charge in [-0.1, -0.05) is 11.6 Å². The molecule has 7 heteroatoms. The van der Waals surface area contributed by atoms with Gasteiger partial charge in [0.2, 0.25) is 5.91 Å². The molecular weight excluding hydrogens is 301 g/mol. The number of anilines is 1. The summed E-state index contributed by atoms with van der Waals surface area (Å²) in [5.74, 6) is -0.393. The van der Waals surface area contributed by atoms with E-state index in [1.54, 1.807) is 32.3 Å².